The van der Waals surface area contributed by atoms with Crippen LogP contribution in [0.25, 0.3) is 0 Å². The Balaban J connectivity index is 3.23. The topological polar surface area (TPSA) is 54.4 Å². The fraction of sp³-hybridized carbons (Fsp3) is 0.500. The zero-order valence-corrected chi connectivity index (χ0v) is 10.3. The van der Waals surface area contributed by atoms with Gasteiger partial charge in [-0.15, -0.1) is 0 Å². The zero-order chi connectivity index (χ0) is 10.3. The molecule has 0 amide bonds. The first-order valence-electron chi connectivity index (χ1n) is 3.81. The lowest BCUT2D eigenvalue weighted by Crippen LogP contribution is -2.40. The number of hydrogen-bond donors (Lipinski definition) is 1. The van der Waals surface area contributed by atoms with Crippen LogP contribution in [-0.4, -0.2) is 17.7 Å². The summed E-state index contributed by atoms with van der Waals surface area (Å²) in [5.41, 5.74) is 0. The molecule has 0 aliphatic heterocycles. The molecule has 74 valence electrons. The minimum atomic E-state index is -4.04. The van der Waals surface area contributed by atoms with Crippen LogP contribution < -0.4 is 0 Å². The van der Waals surface area contributed by atoms with Gasteiger partial charge in [-0.05, 0) is 33.1 Å². The van der Waals surface area contributed by atoms with Crippen LogP contribution in [0.1, 0.15) is 13.8 Å². The van der Waals surface area contributed by atoms with Crippen LogP contribution in [0.4, 0.5) is 0 Å². The largest absolute Gasteiger partial charge is 0.285 e. The van der Waals surface area contributed by atoms with Crippen molar-refractivity contribution >= 4 is 32.7 Å². The van der Waals surface area contributed by atoms with Gasteiger partial charge in [-0.1, -0.05) is 25.2 Å². The molecule has 0 aromatic rings. The van der Waals surface area contributed by atoms with Gasteiger partial charge in [0.1, 0.15) is 4.75 Å². The monoisotopic (exact) mass is 314 g/mol. The van der Waals surface area contributed by atoms with Crippen LogP contribution in [0.3, 0.4) is 0 Å². The van der Waals surface area contributed by atoms with Crippen LogP contribution in [0.2, 0.25) is 0 Å². The van der Waals surface area contributed by atoms with E-state index in [9.17, 15) is 8.42 Å². The summed E-state index contributed by atoms with van der Waals surface area (Å²) in [4.78, 5) is 0. The first-order chi connectivity index (χ1) is 5.79. The molecule has 1 rings (SSSR count). The van der Waals surface area contributed by atoms with Crippen LogP contribution in [0.15, 0.2) is 21.8 Å². The van der Waals surface area contributed by atoms with Crippen LogP contribution in [0.5, 0.6) is 0 Å². The molecule has 0 bridgehead atoms. The normalized spacial score (nSPS) is 34.5. The molecular weight excluding hydrogens is 303 g/mol. The molecule has 0 aromatic carbocycles. The van der Waals surface area contributed by atoms with Gasteiger partial charge in [0.2, 0.25) is 0 Å². The average Bonchev–Trinajstić information content (AvgIpc) is 1.98. The molecule has 2 unspecified atom stereocenters. The predicted molar refractivity (Wildman–Crippen MR) is 60.4 cm³/mol. The molecule has 0 fully saturated rings. The molecule has 0 heterocycles. The Morgan fingerprint density at radius 2 is 2.15 bits per heavy atom. The molecule has 1 aliphatic rings. The van der Waals surface area contributed by atoms with Gasteiger partial charge in [0.15, 0.2) is 0 Å². The SMILES string of the molecule is CC1C(I)=CC=CC1(C)S(=O)(=O)O. The van der Waals surface area contributed by atoms with E-state index >= 15 is 0 Å². The Morgan fingerprint density at radius 3 is 2.54 bits per heavy atom. The Hall–Kier alpha value is 0.120. The van der Waals surface area contributed by atoms with Gasteiger partial charge in [-0.25, -0.2) is 0 Å². The Morgan fingerprint density at radius 1 is 1.62 bits per heavy atom. The Bertz CT molecular complexity index is 369. The molecule has 1 N–H and O–H groups in total. The third-order valence-corrected chi connectivity index (χ3v) is 5.41. The molecule has 1 aliphatic carbocycles. The lowest BCUT2D eigenvalue weighted by atomic mass is 9.91. The third-order valence-electron chi connectivity index (χ3n) is 2.51. The first-order valence-corrected chi connectivity index (χ1v) is 6.33. The minimum absolute atomic E-state index is 0.201. The van der Waals surface area contributed by atoms with E-state index in [1.807, 2.05) is 6.08 Å². The van der Waals surface area contributed by atoms with E-state index in [2.05, 4.69) is 22.6 Å². The van der Waals surface area contributed by atoms with Crippen molar-refractivity contribution in [3.63, 3.8) is 0 Å². The van der Waals surface area contributed by atoms with Crippen molar-refractivity contribution in [1.29, 1.82) is 0 Å². The Labute approximate surface area is 91.8 Å². The van der Waals surface area contributed by atoms with Crippen LogP contribution in [-0.2, 0) is 10.1 Å². The van der Waals surface area contributed by atoms with Crippen molar-refractivity contribution in [2.75, 3.05) is 0 Å². The zero-order valence-electron chi connectivity index (χ0n) is 7.36. The summed E-state index contributed by atoms with van der Waals surface area (Å²) in [6.07, 6.45) is 5.03. The van der Waals surface area contributed by atoms with Crippen molar-refractivity contribution in [2.45, 2.75) is 18.6 Å². The molecule has 2 atom stereocenters. The first kappa shape index (κ1) is 11.2. The highest BCUT2D eigenvalue weighted by Crippen LogP contribution is 2.38. The summed E-state index contributed by atoms with van der Waals surface area (Å²) in [5, 5.41) is 0. The maximum absolute atomic E-state index is 11.1. The summed E-state index contributed by atoms with van der Waals surface area (Å²) < 4.78 is 31.1. The van der Waals surface area contributed by atoms with E-state index in [0.29, 0.717) is 0 Å². The van der Waals surface area contributed by atoms with Crippen LogP contribution >= 0.6 is 22.6 Å². The molecule has 5 heteroatoms. The van der Waals surface area contributed by atoms with Gasteiger partial charge in [-0.3, -0.25) is 4.55 Å². The number of hydrogen-bond acceptors (Lipinski definition) is 2. The summed E-state index contributed by atoms with van der Waals surface area (Å²) >= 11 is 2.08. The fourth-order valence-electron chi connectivity index (χ4n) is 1.20. The molecular formula is C8H11IO3S. The van der Waals surface area contributed by atoms with Crippen molar-refractivity contribution < 1.29 is 13.0 Å². The van der Waals surface area contributed by atoms with E-state index in [-0.39, 0.29) is 5.92 Å². The van der Waals surface area contributed by atoms with Crippen molar-refractivity contribution in [3.05, 3.63) is 21.8 Å². The average molecular weight is 314 g/mol. The molecule has 13 heavy (non-hydrogen) atoms. The molecule has 0 saturated carbocycles. The van der Waals surface area contributed by atoms with Crippen molar-refractivity contribution in [1.82, 2.24) is 0 Å². The molecule has 0 spiro atoms. The minimum Gasteiger partial charge on any atom is -0.285 e. The predicted octanol–water partition coefficient (Wildman–Crippen LogP) is 2.16. The lowest BCUT2D eigenvalue weighted by molar-refractivity contribution is 0.425. The van der Waals surface area contributed by atoms with Gasteiger partial charge < -0.3 is 0 Å². The standard InChI is InChI=1S/C8H11IO3S/c1-6-7(9)4-3-5-8(6,2)13(10,11)12/h3-6H,1-2H3,(H,10,11,12). The lowest BCUT2D eigenvalue weighted by Gasteiger charge is -2.31. The van der Waals surface area contributed by atoms with Gasteiger partial charge in [0.25, 0.3) is 10.1 Å². The van der Waals surface area contributed by atoms with E-state index in [1.54, 1.807) is 13.0 Å². The second-order valence-electron chi connectivity index (χ2n) is 3.29. The number of halogens is 1. The highest BCUT2D eigenvalue weighted by molar-refractivity contribution is 14.1. The number of rotatable bonds is 1. The van der Waals surface area contributed by atoms with E-state index in [4.69, 9.17) is 4.55 Å². The van der Waals surface area contributed by atoms with Gasteiger partial charge in [-0.2, -0.15) is 8.42 Å². The summed E-state index contributed by atoms with van der Waals surface area (Å²) in [6, 6.07) is 0. The smallest absolute Gasteiger partial charge is 0.274 e. The highest BCUT2D eigenvalue weighted by Gasteiger charge is 2.43. The maximum Gasteiger partial charge on any atom is 0.274 e. The highest BCUT2D eigenvalue weighted by atomic mass is 127. The van der Waals surface area contributed by atoms with E-state index in [1.165, 1.54) is 13.0 Å². The molecule has 0 aromatic heterocycles. The summed E-state index contributed by atoms with van der Waals surface area (Å²) in [5.74, 6) is -0.201. The number of allylic oxidation sites excluding steroid dienone is 3. The maximum atomic E-state index is 11.1. The third kappa shape index (κ3) is 1.82. The molecule has 0 radical (unpaired) electrons. The summed E-state index contributed by atoms with van der Waals surface area (Å²) in [7, 11) is -4.04. The van der Waals surface area contributed by atoms with Crippen LogP contribution in [0, 0.1) is 5.92 Å². The Kier molecular flexibility index (Phi) is 2.89. The molecule has 0 saturated heterocycles. The van der Waals surface area contributed by atoms with E-state index in [0.717, 1.165) is 3.58 Å². The fourth-order valence-corrected chi connectivity index (χ4v) is 3.09. The molecule has 3 nitrogen and oxygen atoms in total. The van der Waals surface area contributed by atoms with Gasteiger partial charge >= 0.3 is 0 Å². The van der Waals surface area contributed by atoms with Crippen molar-refractivity contribution in [2.24, 2.45) is 5.92 Å². The van der Waals surface area contributed by atoms with Gasteiger partial charge in [0, 0.05) is 5.92 Å². The van der Waals surface area contributed by atoms with Crippen molar-refractivity contribution in [3.8, 4) is 0 Å². The van der Waals surface area contributed by atoms with Gasteiger partial charge in [0.05, 0.1) is 0 Å². The summed E-state index contributed by atoms with van der Waals surface area (Å²) in [6.45, 7) is 3.31. The quantitative estimate of drug-likeness (QED) is 0.596. The second-order valence-corrected chi connectivity index (χ2v) is 6.37. The van der Waals surface area contributed by atoms with E-state index < -0.39 is 14.9 Å². The second kappa shape index (κ2) is 3.36.